The summed E-state index contributed by atoms with van der Waals surface area (Å²) in [6.45, 7) is 6.13. The van der Waals surface area contributed by atoms with Crippen molar-refractivity contribution < 1.29 is 0 Å². The SMILES string of the molecule is CC[C@@H](C)n1cnc2c(c1=O)c1nc3ccccc3nc1n2-c1ccc(C)cc1. The highest BCUT2D eigenvalue weighted by Gasteiger charge is 2.21. The molecule has 0 unspecified atom stereocenters. The van der Waals surface area contributed by atoms with Gasteiger partial charge in [-0.2, -0.15) is 0 Å². The average molecular weight is 383 g/mol. The Morgan fingerprint density at radius 2 is 1.66 bits per heavy atom. The van der Waals surface area contributed by atoms with Gasteiger partial charge in [-0.15, -0.1) is 0 Å². The minimum absolute atomic E-state index is 0.0607. The molecule has 5 aromatic rings. The molecule has 1 atom stereocenters. The first-order valence-electron chi connectivity index (χ1n) is 9.83. The summed E-state index contributed by atoms with van der Waals surface area (Å²) < 4.78 is 3.63. The van der Waals surface area contributed by atoms with E-state index in [4.69, 9.17) is 9.97 Å². The molecule has 0 saturated carbocycles. The number of hydrogen-bond acceptors (Lipinski definition) is 4. The predicted molar refractivity (Wildman–Crippen MR) is 116 cm³/mol. The van der Waals surface area contributed by atoms with Gasteiger partial charge in [0.15, 0.2) is 11.3 Å². The number of rotatable bonds is 3. The maximum atomic E-state index is 13.4. The lowest BCUT2D eigenvalue weighted by molar-refractivity contribution is 0.510. The molecule has 0 bridgehead atoms. The van der Waals surface area contributed by atoms with Gasteiger partial charge in [0.05, 0.1) is 11.0 Å². The quantitative estimate of drug-likeness (QED) is 0.458. The molecule has 3 aromatic heterocycles. The van der Waals surface area contributed by atoms with Crippen molar-refractivity contribution >= 4 is 33.2 Å². The Balaban J connectivity index is 1.98. The number of benzene rings is 2. The Hall–Kier alpha value is -3.54. The summed E-state index contributed by atoms with van der Waals surface area (Å²) in [6, 6.07) is 15.9. The van der Waals surface area contributed by atoms with Gasteiger partial charge in [0.1, 0.15) is 17.2 Å². The summed E-state index contributed by atoms with van der Waals surface area (Å²) in [4.78, 5) is 27.8. The minimum atomic E-state index is -0.0789. The third-order valence-corrected chi connectivity index (χ3v) is 5.55. The molecule has 5 rings (SSSR count). The van der Waals surface area contributed by atoms with E-state index in [9.17, 15) is 4.79 Å². The van der Waals surface area contributed by atoms with Gasteiger partial charge in [-0.3, -0.25) is 13.9 Å². The van der Waals surface area contributed by atoms with Crippen LogP contribution in [0.3, 0.4) is 0 Å². The number of aryl methyl sites for hydroxylation is 1. The summed E-state index contributed by atoms with van der Waals surface area (Å²) in [5, 5.41) is 0.515. The molecular weight excluding hydrogens is 362 g/mol. The number of fused-ring (bicyclic) bond motifs is 4. The smallest absolute Gasteiger partial charge is 0.265 e. The maximum absolute atomic E-state index is 13.4. The fraction of sp³-hybridized carbons (Fsp3) is 0.217. The Morgan fingerprint density at radius 1 is 0.966 bits per heavy atom. The van der Waals surface area contributed by atoms with Crippen molar-refractivity contribution in [1.82, 2.24) is 24.1 Å². The third-order valence-electron chi connectivity index (χ3n) is 5.55. The molecule has 6 nitrogen and oxygen atoms in total. The van der Waals surface area contributed by atoms with Crippen molar-refractivity contribution in [3.8, 4) is 5.69 Å². The van der Waals surface area contributed by atoms with E-state index in [-0.39, 0.29) is 11.6 Å². The van der Waals surface area contributed by atoms with Gasteiger partial charge in [-0.05, 0) is 44.5 Å². The van der Waals surface area contributed by atoms with E-state index in [1.807, 2.05) is 66.9 Å². The van der Waals surface area contributed by atoms with Crippen LogP contribution in [0.1, 0.15) is 31.9 Å². The molecule has 6 heteroatoms. The Morgan fingerprint density at radius 3 is 2.34 bits per heavy atom. The van der Waals surface area contributed by atoms with Crippen LogP contribution in [-0.2, 0) is 0 Å². The Labute approximate surface area is 167 Å². The molecule has 3 heterocycles. The summed E-state index contributed by atoms with van der Waals surface area (Å²) in [6.07, 6.45) is 2.49. The highest BCUT2D eigenvalue weighted by molar-refractivity contribution is 6.05. The van der Waals surface area contributed by atoms with Gasteiger partial charge in [0.25, 0.3) is 5.56 Å². The van der Waals surface area contributed by atoms with E-state index in [0.717, 1.165) is 28.7 Å². The molecule has 0 spiro atoms. The lowest BCUT2D eigenvalue weighted by Gasteiger charge is -2.12. The van der Waals surface area contributed by atoms with Crippen LogP contribution in [0.5, 0.6) is 0 Å². The van der Waals surface area contributed by atoms with E-state index >= 15 is 0 Å². The van der Waals surface area contributed by atoms with Crippen molar-refractivity contribution in [2.75, 3.05) is 0 Å². The van der Waals surface area contributed by atoms with Gasteiger partial charge < -0.3 is 0 Å². The number of aromatic nitrogens is 5. The lowest BCUT2D eigenvalue weighted by atomic mass is 10.2. The molecule has 0 amide bonds. The number of hydrogen-bond donors (Lipinski definition) is 0. The standard InChI is InChI=1S/C23H21N5O/c1-4-15(3)27-13-24-21-19(23(27)29)20-22(26-18-8-6-5-7-17(18)25-20)28(21)16-11-9-14(2)10-12-16/h5-13,15H,4H2,1-3H3/t15-/m1/s1. The second-order valence-corrected chi connectivity index (χ2v) is 7.47. The zero-order valence-corrected chi connectivity index (χ0v) is 16.6. The van der Waals surface area contributed by atoms with Crippen LogP contribution in [0.4, 0.5) is 0 Å². The molecule has 0 fully saturated rings. The van der Waals surface area contributed by atoms with Gasteiger partial charge in [0.2, 0.25) is 0 Å². The highest BCUT2D eigenvalue weighted by Crippen LogP contribution is 2.28. The van der Waals surface area contributed by atoms with Crippen LogP contribution < -0.4 is 5.56 Å². The molecule has 0 aliphatic rings. The lowest BCUT2D eigenvalue weighted by Crippen LogP contribution is -2.23. The van der Waals surface area contributed by atoms with Crippen LogP contribution in [0.15, 0.2) is 59.7 Å². The van der Waals surface area contributed by atoms with Crippen LogP contribution in [-0.4, -0.2) is 24.1 Å². The second-order valence-electron chi connectivity index (χ2n) is 7.47. The van der Waals surface area contributed by atoms with E-state index in [0.29, 0.717) is 22.2 Å². The third kappa shape index (κ3) is 2.63. The molecule has 0 aliphatic carbocycles. The summed E-state index contributed by atoms with van der Waals surface area (Å²) in [5.41, 5.74) is 5.38. The van der Waals surface area contributed by atoms with Crippen LogP contribution in [0, 0.1) is 6.92 Å². The van der Waals surface area contributed by atoms with Crippen molar-refractivity contribution in [1.29, 1.82) is 0 Å². The van der Waals surface area contributed by atoms with E-state index < -0.39 is 0 Å². The molecule has 0 saturated heterocycles. The van der Waals surface area contributed by atoms with Gasteiger partial charge in [0, 0.05) is 11.7 Å². The van der Waals surface area contributed by atoms with Crippen LogP contribution in [0.25, 0.3) is 38.9 Å². The van der Waals surface area contributed by atoms with Crippen molar-refractivity contribution in [2.45, 2.75) is 33.2 Å². The fourth-order valence-electron chi connectivity index (χ4n) is 3.70. The molecule has 0 N–H and O–H groups in total. The van der Waals surface area contributed by atoms with Gasteiger partial charge in [-0.25, -0.2) is 15.0 Å². The molecule has 0 radical (unpaired) electrons. The Bertz CT molecular complexity index is 1430. The van der Waals surface area contributed by atoms with Crippen molar-refractivity contribution in [2.24, 2.45) is 0 Å². The van der Waals surface area contributed by atoms with Gasteiger partial charge >= 0.3 is 0 Å². The monoisotopic (exact) mass is 383 g/mol. The zero-order chi connectivity index (χ0) is 20.1. The number of nitrogens with zero attached hydrogens (tertiary/aromatic N) is 5. The van der Waals surface area contributed by atoms with Crippen molar-refractivity contribution in [3.63, 3.8) is 0 Å². The molecule has 144 valence electrons. The first kappa shape index (κ1) is 17.6. The molecular formula is C23H21N5O. The Kier molecular flexibility index (Phi) is 3.94. The van der Waals surface area contributed by atoms with Crippen LogP contribution in [0.2, 0.25) is 0 Å². The van der Waals surface area contributed by atoms with E-state index in [2.05, 4.69) is 11.9 Å². The highest BCUT2D eigenvalue weighted by atomic mass is 16.1. The fourth-order valence-corrected chi connectivity index (χ4v) is 3.70. The van der Waals surface area contributed by atoms with E-state index in [1.54, 1.807) is 10.9 Å². The topological polar surface area (TPSA) is 65.6 Å². The molecule has 0 aliphatic heterocycles. The normalized spacial score (nSPS) is 12.8. The van der Waals surface area contributed by atoms with E-state index in [1.165, 1.54) is 0 Å². The second kappa shape index (κ2) is 6.51. The summed E-state index contributed by atoms with van der Waals surface area (Å²) >= 11 is 0. The number of para-hydroxylation sites is 2. The summed E-state index contributed by atoms with van der Waals surface area (Å²) in [5.74, 6) is 0. The van der Waals surface area contributed by atoms with Crippen molar-refractivity contribution in [3.05, 3.63) is 70.8 Å². The maximum Gasteiger partial charge on any atom is 0.265 e. The zero-order valence-electron chi connectivity index (χ0n) is 16.6. The molecule has 29 heavy (non-hydrogen) atoms. The van der Waals surface area contributed by atoms with Gasteiger partial charge in [-0.1, -0.05) is 36.8 Å². The largest absolute Gasteiger partial charge is 0.296 e. The minimum Gasteiger partial charge on any atom is -0.296 e. The summed E-state index contributed by atoms with van der Waals surface area (Å²) in [7, 11) is 0. The average Bonchev–Trinajstić information content (AvgIpc) is 3.06. The predicted octanol–water partition coefficient (Wildman–Crippen LogP) is 4.56. The first-order chi connectivity index (χ1) is 14.1. The van der Waals surface area contributed by atoms with Crippen LogP contribution >= 0.6 is 0 Å². The molecule has 2 aromatic carbocycles. The first-order valence-corrected chi connectivity index (χ1v) is 9.83.